The minimum atomic E-state index is -0.349. The van der Waals surface area contributed by atoms with Gasteiger partial charge >= 0.3 is 0 Å². The molecule has 6 heteroatoms. The summed E-state index contributed by atoms with van der Waals surface area (Å²) in [5.74, 6) is -0.972. The van der Waals surface area contributed by atoms with Gasteiger partial charge < -0.3 is 10.2 Å². The molecule has 1 saturated heterocycles. The predicted octanol–water partition coefficient (Wildman–Crippen LogP) is 2.42. The van der Waals surface area contributed by atoms with Gasteiger partial charge in [0.05, 0.1) is 12.5 Å². The van der Waals surface area contributed by atoms with Gasteiger partial charge in [-0.25, -0.2) is 8.78 Å². The van der Waals surface area contributed by atoms with Crippen LogP contribution < -0.4 is 5.32 Å². The van der Waals surface area contributed by atoms with Gasteiger partial charge in [0.25, 0.3) is 0 Å². The van der Waals surface area contributed by atoms with E-state index in [9.17, 15) is 18.4 Å². The maximum absolute atomic E-state index is 13.2. The molecule has 130 valence electrons. The smallest absolute Gasteiger partial charge is 0.225 e. The first-order valence-electron chi connectivity index (χ1n) is 8.05. The zero-order valence-electron chi connectivity index (χ0n) is 13.5. The Morgan fingerprint density at radius 1 is 1.08 bits per heavy atom. The molecule has 1 aliphatic heterocycles. The average Bonchev–Trinajstić information content (AvgIpc) is 2.89. The lowest BCUT2D eigenvalue weighted by molar-refractivity contribution is -0.128. The van der Waals surface area contributed by atoms with Crippen molar-refractivity contribution in [3.05, 3.63) is 71.3 Å². The van der Waals surface area contributed by atoms with Crippen LogP contribution in [0.1, 0.15) is 17.5 Å². The lowest BCUT2D eigenvalue weighted by atomic mass is 10.1. The maximum Gasteiger partial charge on any atom is 0.225 e. The molecule has 2 aromatic rings. The van der Waals surface area contributed by atoms with E-state index in [1.54, 1.807) is 29.2 Å². The summed E-state index contributed by atoms with van der Waals surface area (Å²) >= 11 is 0. The molecule has 0 aromatic heterocycles. The molecule has 0 bridgehead atoms. The number of hydrogen-bond donors (Lipinski definition) is 1. The second kappa shape index (κ2) is 7.42. The van der Waals surface area contributed by atoms with Crippen LogP contribution in [-0.2, 0) is 22.6 Å². The van der Waals surface area contributed by atoms with Crippen molar-refractivity contribution in [3.8, 4) is 0 Å². The molecule has 0 radical (unpaired) electrons. The van der Waals surface area contributed by atoms with Crippen molar-refractivity contribution in [1.29, 1.82) is 0 Å². The van der Waals surface area contributed by atoms with E-state index < -0.39 is 0 Å². The largest absolute Gasteiger partial charge is 0.351 e. The lowest BCUT2D eigenvalue weighted by Crippen LogP contribution is -2.37. The number of halogens is 2. The number of carbonyl (C=O) groups is 2. The molecular weight excluding hydrogens is 326 g/mol. The summed E-state index contributed by atoms with van der Waals surface area (Å²) in [6.45, 7) is 0.714. The van der Waals surface area contributed by atoms with Crippen LogP contribution in [0, 0.1) is 11.6 Å². The van der Waals surface area contributed by atoms with Crippen molar-refractivity contribution < 1.29 is 18.4 Å². The number of amides is 2. The Balaban J connectivity index is 1.53. The average molecular weight is 344 g/mol. The number of hydrogen-bond acceptors (Lipinski definition) is 2. The van der Waals surface area contributed by atoms with Crippen LogP contribution in [0.2, 0.25) is 0 Å². The fraction of sp³-hybridized carbons (Fsp3) is 0.263. The van der Waals surface area contributed by atoms with E-state index >= 15 is 0 Å². The van der Waals surface area contributed by atoms with E-state index in [0.717, 1.165) is 0 Å². The number of rotatable bonds is 5. The molecule has 4 nitrogen and oxygen atoms in total. The Hall–Kier alpha value is -2.76. The van der Waals surface area contributed by atoms with Gasteiger partial charge in [-0.1, -0.05) is 24.3 Å². The second-order valence-electron chi connectivity index (χ2n) is 6.18. The van der Waals surface area contributed by atoms with E-state index in [1.165, 1.54) is 24.3 Å². The van der Waals surface area contributed by atoms with Crippen molar-refractivity contribution in [3.63, 3.8) is 0 Å². The van der Waals surface area contributed by atoms with Crippen LogP contribution >= 0.6 is 0 Å². The third-order valence-corrected chi connectivity index (χ3v) is 4.12. The highest BCUT2D eigenvalue weighted by molar-refractivity contribution is 5.83. The minimum Gasteiger partial charge on any atom is -0.351 e. The zero-order valence-corrected chi connectivity index (χ0v) is 13.5. The Kier molecular flexibility index (Phi) is 5.07. The topological polar surface area (TPSA) is 49.4 Å². The van der Waals surface area contributed by atoms with Crippen LogP contribution in [0.25, 0.3) is 0 Å². The third-order valence-electron chi connectivity index (χ3n) is 4.12. The lowest BCUT2D eigenvalue weighted by Gasteiger charge is -2.17. The molecule has 0 spiro atoms. The Bertz CT molecular complexity index is 777. The minimum absolute atomic E-state index is 0.0728. The SMILES string of the molecule is O=C(Cc1ccc(F)cc1)N[C@@H]1CC(=O)N(Cc2cccc(F)c2)C1. The maximum atomic E-state index is 13.2. The Morgan fingerprint density at radius 3 is 2.56 bits per heavy atom. The van der Waals surface area contributed by atoms with Gasteiger partial charge in [0.2, 0.25) is 11.8 Å². The van der Waals surface area contributed by atoms with Crippen molar-refractivity contribution in [1.82, 2.24) is 10.2 Å². The molecule has 1 N–H and O–H groups in total. The molecule has 1 fully saturated rings. The fourth-order valence-electron chi connectivity index (χ4n) is 2.94. The normalized spacial score (nSPS) is 17.0. The van der Waals surface area contributed by atoms with Crippen LogP contribution in [0.4, 0.5) is 8.78 Å². The number of nitrogens with zero attached hydrogens (tertiary/aromatic N) is 1. The molecular formula is C19H18F2N2O2. The van der Waals surface area contributed by atoms with Crippen molar-refractivity contribution in [2.75, 3.05) is 6.54 Å². The molecule has 0 aliphatic carbocycles. The summed E-state index contributed by atoms with van der Waals surface area (Å²) in [5.41, 5.74) is 1.42. The van der Waals surface area contributed by atoms with Gasteiger partial charge in [-0.15, -0.1) is 0 Å². The first-order valence-corrected chi connectivity index (χ1v) is 8.05. The molecule has 1 aliphatic rings. The third kappa shape index (κ3) is 4.62. The van der Waals surface area contributed by atoms with E-state index in [2.05, 4.69) is 5.32 Å². The summed E-state index contributed by atoms with van der Waals surface area (Å²) < 4.78 is 26.1. The molecule has 2 aromatic carbocycles. The van der Waals surface area contributed by atoms with Crippen LogP contribution in [-0.4, -0.2) is 29.3 Å². The summed E-state index contributed by atoms with van der Waals surface area (Å²) in [5, 5.41) is 2.83. The summed E-state index contributed by atoms with van der Waals surface area (Å²) in [7, 11) is 0. The molecule has 0 saturated carbocycles. The number of carbonyl (C=O) groups excluding carboxylic acids is 2. The second-order valence-corrected chi connectivity index (χ2v) is 6.18. The van der Waals surface area contributed by atoms with Gasteiger partial charge in [-0.2, -0.15) is 0 Å². The highest BCUT2D eigenvalue weighted by atomic mass is 19.1. The van der Waals surface area contributed by atoms with E-state index in [4.69, 9.17) is 0 Å². The number of nitrogens with one attached hydrogen (secondary N) is 1. The van der Waals surface area contributed by atoms with Gasteiger partial charge in [0.15, 0.2) is 0 Å². The molecule has 3 rings (SSSR count). The summed E-state index contributed by atoms with van der Waals surface area (Å²) in [6.07, 6.45) is 0.360. The highest BCUT2D eigenvalue weighted by Gasteiger charge is 2.30. The van der Waals surface area contributed by atoms with E-state index in [1.807, 2.05) is 0 Å². The number of benzene rings is 2. The summed E-state index contributed by atoms with van der Waals surface area (Å²) in [6, 6.07) is 11.6. The Morgan fingerprint density at radius 2 is 1.84 bits per heavy atom. The monoisotopic (exact) mass is 344 g/mol. The van der Waals surface area contributed by atoms with Crippen LogP contribution in [0.3, 0.4) is 0 Å². The standard InChI is InChI=1S/C19H18F2N2O2/c20-15-6-4-13(5-7-15)9-18(24)22-17-10-19(25)23(12-17)11-14-2-1-3-16(21)8-14/h1-8,17H,9-12H2,(H,22,24)/t17-/m1/s1. The Labute approximate surface area is 144 Å². The predicted molar refractivity (Wildman–Crippen MR) is 88.5 cm³/mol. The first-order chi connectivity index (χ1) is 12.0. The van der Waals surface area contributed by atoms with Gasteiger partial charge in [-0.05, 0) is 35.4 Å². The van der Waals surface area contributed by atoms with Crippen molar-refractivity contribution in [2.24, 2.45) is 0 Å². The van der Waals surface area contributed by atoms with Gasteiger partial charge in [0, 0.05) is 19.5 Å². The van der Waals surface area contributed by atoms with Gasteiger partial charge in [-0.3, -0.25) is 9.59 Å². The van der Waals surface area contributed by atoms with Gasteiger partial charge in [0.1, 0.15) is 11.6 Å². The molecule has 25 heavy (non-hydrogen) atoms. The summed E-state index contributed by atoms with van der Waals surface area (Å²) in [4.78, 5) is 25.8. The van der Waals surface area contributed by atoms with E-state index in [-0.39, 0.29) is 42.3 Å². The quantitative estimate of drug-likeness (QED) is 0.906. The fourth-order valence-corrected chi connectivity index (χ4v) is 2.94. The number of likely N-dealkylation sites (tertiary alicyclic amines) is 1. The van der Waals surface area contributed by atoms with Crippen molar-refractivity contribution in [2.45, 2.75) is 25.4 Å². The van der Waals surface area contributed by atoms with E-state index in [0.29, 0.717) is 24.2 Å². The molecule has 2 amide bonds. The molecule has 0 unspecified atom stereocenters. The van der Waals surface area contributed by atoms with Crippen LogP contribution in [0.15, 0.2) is 48.5 Å². The zero-order chi connectivity index (χ0) is 17.8. The van der Waals surface area contributed by atoms with Crippen molar-refractivity contribution >= 4 is 11.8 Å². The first kappa shape index (κ1) is 17.1. The molecule has 1 atom stereocenters. The molecule has 1 heterocycles. The van der Waals surface area contributed by atoms with Crippen LogP contribution in [0.5, 0.6) is 0 Å². The highest BCUT2D eigenvalue weighted by Crippen LogP contribution is 2.16.